The first kappa shape index (κ1) is 16.6. The molecule has 1 aliphatic rings. The third-order valence-corrected chi connectivity index (χ3v) is 4.94. The van der Waals surface area contributed by atoms with E-state index in [-0.39, 0.29) is 0 Å². The van der Waals surface area contributed by atoms with Gasteiger partial charge in [-0.15, -0.1) is 0 Å². The molecule has 1 aliphatic heterocycles. The predicted molar refractivity (Wildman–Crippen MR) is 108 cm³/mol. The highest BCUT2D eigenvalue weighted by atomic mass is 15.0. The second kappa shape index (κ2) is 6.48. The average Bonchev–Trinajstić information content (AvgIpc) is 2.65. The van der Waals surface area contributed by atoms with Crippen LogP contribution in [0.25, 0.3) is 21.9 Å². The Bertz CT molecular complexity index is 1020. The molecule has 4 heteroatoms. The van der Waals surface area contributed by atoms with E-state index in [2.05, 4.69) is 52.4 Å². The number of allylic oxidation sites excluding steroid dienone is 1. The van der Waals surface area contributed by atoms with Crippen molar-refractivity contribution in [2.24, 2.45) is 16.5 Å². The van der Waals surface area contributed by atoms with E-state index in [0.29, 0.717) is 6.42 Å². The summed E-state index contributed by atoms with van der Waals surface area (Å²) in [6, 6.07) is 16.7. The summed E-state index contributed by atoms with van der Waals surface area (Å²) >= 11 is 0. The number of nitrogens with two attached hydrogens (primary N) is 2. The molecule has 1 aromatic heterocycles. The van der Waals surface area contributed by atoms with Crippen molar-refractivity contribution >= 4 is 16.5 Å². The van der Waals surface area contributed by atoms with Crippen LogP contribution < -0.4 is 11.5 Å². The lowest BCUT2D eigenvalue weighted by atomic mass is 9.86. The van der Waals surface area contributed by atoms with E-state index >= 15 is 0 Å². The summed E-state index contributed by atoms with van der Waals surface area (Å²) in [6.07, 6.45) is 7.93. The molecule has 2 unspecified atom stereocenters. The second-order valence-electron chi connectivity index (χ2n) is 6.95. The Hall–Kier alpha value is -2.82. The fourth-order valence-corrected chi connectivity index (χ4v) is 3.47. The molecule has 0 radical (unpaired) electrons. The number of aromatic nitrogens is 1. The van der Waals surface area contributed by atoms with Gasteiger partial charge in [-0.1, -0.05) is 54.6 Å². The molecule has 0 saturated heterocycles. The van der Waals surface area contributed by atoms with Gasteiger partial charge in [-0.05, 0) is 35.9 Å². The van der Waals surface area contributed by atoms with Crippen LogP contribution in [0, 0.1) is 0 Å². The minimum Gasteiger partial charge on any atom is -0.319 e. The van der Waals surface area contributed by atoms with Gasteiger partial charge in [-0.25, -0.2) is 0 Å². The molecule has 4 rings (SSSR count). The lowest BCUT2D eigenvalue weighted by molar-refractivity contribution is 0.424. The lowest BCUT2D eigenvalue weighted by Gasteiger charge is -2.33. The molecule has 3 aromatic rings. The SMILES string of the molecule is CC1=NC(N)C(N)(Cc2cccc(-c3cncc4ccccc34)c2)C=C1. The zero-order valence-electron chi connectivity index (χ0n) is 14.8. The average molecular weight is 342 g/mol. The van der Waals surface area contributed by atoms with Gasteiger partial charge >= 0.3 is 0 Å². The highest BCUT2D eigenvalue weighted by Gasteiger charge is 2.32. The van der Waals surface area contributed by atoms with Crippen LogP contribution in [-0.4, -0.2) is 22.4 Å². The third kappa shape index (κ3) is 3.05. The van der Waals surface area contributed by atoms with Crippen molar-refractivity contribution in [3.8, 4) is 11.1 Å². The molecular formula is C22H22N4. The standard InChI is InChI=1S/C22H22N4/c1-15-9-10-22(24,21(23)26-15)12-16-5-4-7-17(11-16)20-14-25-13-18-6-2-3-8-19(18)20/h2-11,13-14,21H,12,23-24H2,1H3. The summed E-state index contributed by atoms with van der Waals surface area (Å²) in [5, 5.41) is 2.32. The van der Waals surface area contributed by atoms with Crippen LogP contribution in [0.1, 0.15) is 12.5 Å². The minimum absolute atomic E-state index is 0.435. The summed E-state index contributed by atoms with van der Waals surface area (Å²) in [5.41, 5.74) is 16.4. The summed E-state index contributed by atoms with van der Waals surface area (Å²) < 4.78 is 0. The molecule has 0 fully saturated rings. The van der Waals surface area contributed by atoms with Crippen molar-refractivity contribution in [1.29, 1.82) is 0 Å². The third-order valence-electron chi connectivity index (χ3n) is 4.94. The number of hydrogen-bond donors (Lipinski definition) is 2. The Kier molecular flexibility index (Phi) is 4.15. The molecule has 0 spiro atoms. The van der Waals surface area contributed by atoms with Crippen LogP contribution in [0.2, 0.25) is 0 Å². The van der Waals surface area contributed by atoms with Gasteiger partial charge in [0, 0.05) is 29.1 Å². The summed E-state index contributed by atoms with van der Waals surface area (Å²) in [4.78, 5) is 8.82. The molecule has 2 atom stereocenters. The van der Waals surface area contributed by atoms with E-state index in [1.54, 1.807) is 0 Å². The quantitative estimate of drug-likeness (QED) is 0.765. The molecule has 2 heterocycles. The smallest absolute Gasteiger partial charge is 0.119 e. The Labute approximate surface area is 153 Å². The highest BCUT2D eigenvalue weighted by Crippen LogP contribution is 2.29. The van der Waals surface area contributed by atoms with E-state index in [4.69, 9.17) is 11.5 Å². The van der Waals surface area contributed by atoms with Crippen molar-refractivity contribution in [3.63, 3.8) is 0 Å². The summed E-state index contributed by atoms with van der Waals surface area (Å²) in [6.45, 7) is 1.93. The van der Waals surface area contributed by atoms with Gasteiger partial charge in [0.1, 0.15) is 6.17 Å². The first-order valence-electron chi connectivity index (χ1n) is 8.75. The van der Waals surface area contributed by atoms with Gasteiger partial charge in [0.05, 0.1) is 5.54 Å². The van der Waals surface area contributed by atoms with Crippen molar-refractivity contribution in [3.05, 3.63) is 78.6 Å². The molecule has 0 saturated carbocycles. The topological polar surface area (TPSA) is 77.3 Å². The van der Waals surface area contributed by atoms with Crippen molar-refractivity contribution in [2.45, 2.75) is 25.0 Å². The number of benzene rings is 2. The van der Waals surface area contributed by atoms with Crippen LogP contribution in [0.3, 0.4) is 0 Å². The molecule has 0 amide bonds. The number of pyridine rings is 1. The maximum absolute atomic E-state index is 6.54. The van der Waals surface area contributed by atoms with E-state index in [9.17, 15) is 0 Å². The van der Waals surface area contributed by atoms with Crippen molar-refractivity contribution in [2.75, 3.05) is 0 Å². The molecule has 0 aliphatic carbocycles. The Morgan fingerprint density at radius 1 is 1.08 bits per heavy atom. The van der Waals surface area contributed by atoms with Crippen molar-refractivity contribution in [1.82, 2.24) is 4.98 Å². The highest BCUT2D eigenvalue weighted by molar-refractivity contribution is 5.96. The lowest BCUT2D eigenvalue weighted by Crippen LogP contribution is -2.56. The normalized spacial score (nSPS) is 22.4. The molecular weight excluding hydrogens is 320 g/mol. The van der Waals surface area contributed by atoms with E-state index < -0.39 is 11.7 Å². The summed E-state index contributed by atoms with van der Waals surface area (Å²) in [5.74, 6) is 0. The van der Waals surface area contributed by atoms with Gasteiger partial charge in [-0.2, -0.15) is 0 Å². The minimum atomic E-state index is -0.671. The summed E-state index contributed by atoms with van der Waals surface area (Å²) in [7, 11) is 0. The largest absolute Gasteiger partial charge is 0.319 e. The second-order valence-corrected chi connectivity index (χ2v) is 6.95. The zero-order valence-corrected chi connectivity index (χ0v) is 14.8. The van der Waals surface area contributed by atoms with Crippen molar-refractivity contribution < 1.29 is 0 Å². The number of hydrogen-bond acceptors (Lipinski definition) is 4. The molecule has 4 nitrogen and oxygen atoms in total. The van der Waals surface area contributed by atoms with E-state index in [0.717, 1.165) is 27.8 Å². The Morgan fingerprint density at radius 2 is 1.92 bits per heavy atom. The van der Waals surface area contributed by atoms with Gasteiger partial charge < -0.3 is 11.5 Å². The van der Waals surface area contributed by atoms with Crippen LogP contribution in [0.5, 0.6) is 0 Å². The van der Waals surface area contributed by atoms with Crippen LogP contribution >= 0.6 is 0 Å². The van der Waals surface area contributed by atoms with E-state index in [1.807, 2.05) is 37.5 Å². The number of aliphatic imine (C=N–C) groups is 1. The van der Waals surface area contributed by atoms with Gasteiger partial charge in [0.2, 0.25) is 0 Å². The molecule has 2 aromatic carbocycles. The number of fused-ring (bicyclic) bond motifs is 1. The molecule has 26 heavy (non-hydrogen) atoms. The van der Waals surface area contributed by atoms with Crippen LogP contribution in [-0.2, 0) is 6.42 Å². The Balaban J connectivity index is 1.71. The molecule has 130 valence electrons. The predicted octanol–water partition coefficient (Wildman–Crippen LogP) is 3.46. The number of dihydropyridines is 1. The number of nitrogens with zero attached hydrogens (tertiary/aromatic N) is 2. The number of rotatable bonds is 3. The van der Waals surface area contributed by atoms with Gasteiger partial charge in [0.15, 0.2) is 0 Å². The fourth-order valence-electron chi connectivity index (χ4n) is 3.47. The monoisotopic (exact) mass is 342 g/mol. The first-order chi connectivity index (χ1) is 12.5. The zero-order chi connectivity index (χ0) is 18.1. The maximum Gasteiger partial charge on any atom is 0.119 e. The first-order valence-corrected chi connectivity index (χ1v) is 8.75. The van der Waals surface area contributed by atoms with Crippen LogP contribution in [0.15, 0.2) is 78.1 Å². The fraction of sp³-hybridized carbons (Fsp3) is 0.182. The van der Waals surface area contributed by atoms with E-state index in [1.165, 1.54) is 5.39 Å². The van der Waals surface area contributed by atoms with Gasteiger partial charge in [0.25, 0.3) is 0 Å². The molecule has 0 bridgehead atoms. The Morgan fingerprint density at radius 3 is 2.77 bits per heavy atom. The molecule has 4 N–H and O–H groups in total. The maximum atomic E-state index is 6.54. The van der Waals surface area contributed by atoms with Gasteiger partial charge in [-0.3, -0.25) is 9.98 Å². The van der Waals surface area contributed by atoms with Crippen LogP contribution in [0.4, 0.5) is 0 Å².